The zero-order valence-corrected chi connectivity index (χ0v) is 18.5. The van der Waals surface area contributed by atoms with Crippen LogP contribution in [0.1, 0.15) is 19.4 Å². The van der Waals surface area contributed by atoms with Crippen molar-refractivity contribution in [2.75, 3.05) is 13.2 Å². The van der Waals surface area contributed by atoms with Gasteiger partial charge in [0.2, 0.25) is 5.91 Å². The SMILES string of the molecule is CC(C)COc1ccc(CCNC(=O)Cn2c3ccccc3c(=O)c3ccccc32)cc1. The molecule has 0 spiro atoms. The second kappa shape index (κ2) is 9.69. The Labute approximate surface area is 187 Å². The average Bonchev–Trinajstić information content (AvgIpc) is 2.81. The van der Waals surface area contributed by atoms with Gasteiger partial charge >= 0.3 is 0 Å². The quantitative estimate of drug-likeness (QED) is 0.419. The molecule has 4 aromatic rings. The third-order valence-corrected chi connectivity index (χ3v) is 5.42. The highest BCUT2D eigenvalue weighted by Crippen LogP contribution is 2.19. The lowest BCUT2D eigenvalue weighted by molar-refractivity contribution is -0.121. The van der Waals surface area contributed by atoms with Gasteiger partial charge in [-0.2, -0.15) is 0 Å². The van der Waals surface area contributed by atoms with Crippen LogP contribution in [0.4, 0.5) is 0 Å². The highest BCUT2D eigenvalue weighted by Gasteiger charge is 2.12. The Bertz CT molecular complexity index is 1230. The second-order valence-corrected chi connectivity index (χ2v) is 8.40. The maximum absolute atomic E-state index is 12.8. The van der Waals surface area contributed by atoms with Crippen LogP contribution in [0.25, 0.3) is 21.8 Å². The monoisotopic (exact) mass is 428 g/mol. The van der Waals surface area contributed by atoms with Crippen LogP contribution >= 0.6 is 0 Å². The first-order chi connectivity index (χ1) is 15.5. The van der Waals surface area contributed by atoms with Crippen LogP contribution in [-0.4, -0.2) is 23.6 Å². The van der Waals surface area contributed by atoms with Gasteiger partial charge < -0.3 is 14.6 Å². The lowest BCUT2D eigenvalue weighted by Crippen LogP contribution is -2.30. The summed E-state index contributed by atoms with van der Waals surface area (Å²) in [5.74, 6) is 1.27. The summed E-state index contributed by atoms with van der Waals surface area (Å²) in [5.41, 5.74) is 2.67. The van der Waals surface area contributed by atoms with E-state index in [0.717, 1.165) is 28.8 Å². The number of carbonyl (C=O) groups is 1. The van der Waals surface area contributed by atoms with Gasteiger partial charge in [-0.15, -0.1) is 0 Å². The van der Waals surface area contributed by atoms with Gasteiger partial charge in [0.1, 0.15) is 12.3 Å². The molecule has 4 rings (SSSR count). The molecule has 0 saturated carbocycles. The molecule has 3 aromatic carbocycles. The molecule has 1 aromatic heterocycles. The first-order valence-electron chi connectivity index (χ1n) is 11.0. The standard InChI is InChI=1S/C27H28N2O3/c1-19(2)18-32-21-13-11-20(12-14-21)15-16-28-26(30)17-29-24-9-5-3-7-22(24)27(31)23-8-4-6-10-25(23)29/h3-14,19H,15-18H2,1-2H3,(H,28,30). The number of hydrogen-bond acceptors (Lipinski definition) is 3. The van der Waals surface area contributed by atoms with Gasteiger partial charge in [0.15, 0.2) is 5.43 Å². The zero-order chi connectivity index (χ0) is 22.5. The number of rotatable bonds is 8. The minimum atomic E-state index is -0.0826. The van der Waals surface area contributed by atoms with Crippen LogP contribution in [-0.2, 0) is 17.8 Å². The molecule has 1 amide bonds. The van der Waals surface area contributed by atoms with E-state index in [0.29, 0.717) is 29.8 Å². The van der Waals surface area contributed by atoms with Gasteiger partial charge in [-0.05, 0) is 54.3 Å². The zero-order valence-electron chi connectivity index (χ0n) is 18.5. The number of ether oxygens (including phenoxy) is 1. The molecule has 164 valence electrons. The van der Waals surface area contributed by atoms with E-state index in [1.807, 2.05) is 77.4 Å². The number of nitrogens with one attached hydrogen (secondary N) is 1. The van der Waals surface area contributed by atoms with E-state index in [9.17, 15) is 9.59 Å². The summed E-state index contributed by atoms with van der Waals surface area (Å²) in [5, 5.41) is 4.26. The number of nitrogens with zero attached hydrogens (tertiary/aromatic N) is 1. The number of benzene rings is 3. The van der Waals surface area contributed by atoms with E-state index in [2.05, 4.69) is 19.2 Å². The van der Waals surface area contributed by atoms with Gasteiger partial charge in [0.05, 0.1) is 17.6 Å². The van der Waals surface area contributed by atoms with Crippen LogP contribution < -0.4 is 15.5 Å². The summed E-state index contributed by atoms with van der Waals surface area (Å²) in [6, 6.07) is 22.9. The predicted molar refractivity (Wildman–Crippen MR) is 129 cm³/mol. The molecule has 0 radical (unpaired) electrons. The largest absolute Gasteiger partial charge is 0.493 e. The summed E-state index contributed by atoms with van der Waals surface area (Å²) in [6.07, 6.45) is 0.738. The van der Waals surface area contributed by atoms with E-state index >= 15 is 0 Å². The van der Waals surface area contributed by atoms with Crippen molar-refractivity contribution >= 4 is 27.7 Å². The molecule has 0 aliphatic heterocycles. The molecule has 5 nitrogen and oxygen atoms in total. The summed E-state index contributed by atoms with van der Waals surface area (Å²) in [6.45, 7) is 5.64. The van der Waals surface area contributed by atoms with Crippen molar-refractivity contribution in [1.82, 2.24) is 9.88 Å². The third-order valence-electron chi connectivity index (χ3n) is 5.42. The Morgan fingerprint density at radius 1 is 0.906 bits per heavy atom. The topological polar surface area (TPSA) is 60.3 Å². The van der Waals surface area contributed by atoms with Crippen molar-refractivity contribution in [1.29, 1.82) is 0 Å². The summed E-state index contributed by atoms with van der Waals surface area (Å²) in [4.78, 5) is 25.6. The fourth-order valence-electron chi connectivity index (χ4n) is 3.81. The molecule has 32 heavy (non-hydrogen) atoms. The Morgan fingerprint density at radius 3 is 2.09 bits per heavy atom. The Balaban J connectivity index is 1.43. The smallest absolute Gasteiger partial charge is 0.239 e. The first kappa shape index (κ1) is 21.6. The molecule has 0 fully saturated rings. The van der Waals surface area contributed by atoms with Crippen molar-refractivity contribution in [3.8, 4) is 5.75 Å². The molecular weight excluding hydrogens is 400 g/mol. The van der Waals surface area contributed by atoms with E-state index in [1.54, 1.807) is 0 Å². The first-order valence-corrected chi connectivity index (χ1v) is 11.0. The van der Waals surface area contributed by atoms with E-state index in [1.165, 1.54) is 0 Å². The fourth-order valence-corrected chi connectivity index (χ4v) is 3.81. The van der Waals surface area contributed by atoms with Crippen LogP contribution in [0, 0.1) is 5.92 Å². The minimum Gasteiger partial charge on any atom is -0.493 e. The number of para-hydroxylation sites is 2. The predicted octanol–water partition coefficient (Wildman–Crippen LogP) is 4.55. The molecule has 1 N–H and O–H groups in total. The number of hydrogen-bond donors (Lipinski definition) is 1. The minimum absolute atomic E-state index is 0.00585. The van der Waals surface area contributed by atoms with Gasteiger partial charge in [-0.3, -0.25) is 9.59 Å². The van der Waals surface area contributed by atoms with Gasteiger partial charge in [0.25, 0.3) is 0 Å². The number of carbonyl (C=O) groups excluding carboxylic acids is 1. The summed E-state index contributed by atoms with van der Waals surface area (Å²) < 4.78 is 7.63. The molecule has 0 bridgehead atoms. The number of amides is 1. The maximum Gasteiger partial charge on any atom is 0.239 e. The average molecular weight is 429 g/mol. The molecule has 0 atom stereocenters. The fraction of sp³-hybridized carbons (Fsp3) is 0.259. The lowest BCUT2D eigenvalue weighted by atomic mass is 10.1. The van der Waals surface area contributed by atoms with Crippen LogP contribution in [0.15, 0.2) is 77.6 Å². The number of pyridine rings is 1. The van der Waals surface area contributed by atoms with Crippen molar-refractivity contribution in [3.05, 3.63) is 88.6 Å². The Morgan fingerprint density at radius 2 is 1.50 bits per heavy atom. The summed E-state index contributed by atoms with van der Waals surface area (Å²) in [7, 11) is 0. The molecule has 0 aliphatic rings. The number of fused-ring (bicyclic) bond motifs is 2. The Kier molecular flexibility index (Phi) is 6.55. The Hall–Kier alpha value is -3.60. The van der Waals surface area contributed by atoms with Crippen LogP contribution in [0.2, 0.25) is 0 Å². The van der Waals surface area contributed by atoms with Gasteiger partial charge in [-0.25, -0.2) is 0 Å². The maximum atomic E-state index is 12.8. The molecule has 5 heteroatoms. The molecule has 0 saturated heterocycles. The number of aromatic nitrogens is 1. The van der Waals surface area contributed by atoms with Crippen LogP contribution in [0.5, 0.6) is 5.75 Å². The molecule has 0 aliphatic carbocycles. The second-order valence-electron chi connectivity index (χ2n) is 8.40. The van der Waals surface area contributed by atoms with Gasteiger partial charge in [0, 0.05) is 17.3 Å². The van der Waals surface area contributed by atoms with Crippen molar-refractivity contribution in [3.63, 3.8) is 0 Å². The van der Waals surface area contributed by atoms with E-state index in [-0.39, 0.29) is 17.9 Å². The third kappa shape index (κ3) is 4.83. The van der Waals surface area contributed by atoms with Gasteiger partial charge in [-0.1, -0.05) is 50.2 Å². The van der Waals surface area contributed by atoms with Crippen molar-refractivity contribution in [2.24, 2.45) is 5.92 Å². The van der Waals surface area contributed by atoms with Crippen molar-refractivity contribution in [2.45, 2.75) is 26.8 Å². The molecule has 1 heterocycles. The van der Waals surface area contributed by atoms with Crippen molar-refractivity contribution < 1.29 is 9.53 Å². The summed E-state index contributed by atoms with van der Waals surface area (Å²) >= 11 is 0. The molecule has 0 unspecified atom stereocenters. The highest BCUT2D eigenvalue weighted by molar-refractivity contribution is 5.94. The van der Waals surface area contributed by atoms with E-state index < -0.39 is 0 Å². The highest BCUT2D eigenvalue weighted by atomic mass is 16.5. The van der Waals surface area contributed by atoms with E-state index in [4.69, 9.17) is 4.74 Å². The molecular formula is C27H28N2O3. The normalized spacial score (nSPS) is 11.2. The van der Waals surface area contributed by atoms with Crippen LogP contribution in [0.3, 0.4) is 0 Å². The lowest BCUT2D eigenvalue weighted by Gasteiger charge is -2.15.